The van der Waals surface area contributed by atoms with E-state index in [9.17, 15) is 0 Å². The molecule has 1 aromatic heterocycles. The maximum atomic E-state index is 6.15. The maximum Gasteiger partial charge on any atom is 0.0876 e. The summed E-state index contributed by atoms with van der Waals surface area (Å²) in [5, 5.41) is 0. The number of nitrogens with zero attached hydrogens (tertiary/aromatic N) is 2. The van der Waals surface area contributed by atoms with Gasteiger partial charge in [-0.15, -0.1) is 0 Å². The van der Waals surface area contributed by atoms with Crippen LogP contribution in [0.5, 0.6) is 0 Å². The van der Waals surface area contributed by atoms with Crippen molar-refractivity contribution in [1.29, 1.82) is 0 Å². The van der Waals surface area contributed by atoms with Gasteiger partial charge in [0.05, 0.1) is 24.1 Å². The van der Waals surface area contributed by atoms with Gasteiger partial charge in [-0.3, -0.25) is 4.98 Å². The molecular weight excluding hydrogens is 240 g/mol. The summed E-state index contributed by atoms with van der Waals surface area (Å²) in [6.45, 7) is 3.81. The van der Waals surface area contributed by atoms with E-state index in [2.05, 4.69) is 16.0 Å². The third-order valence-electron chi connectivity index (χ3n) is 4.34. The number of rotatable bonds is 4. The molecule has 0 bridgehead atoms. The third kappa shape index (κ3) is 2.74. The minimum Gasteiger partial charge on any atom is -0.385 e. The Labute approximate surface area is 114 Å². The fraction of sp³-hybridized carbons (Fsp3) is 0.667. The van der Waals surface area contributed by atoms with Crippen LogP contribution in [-0.2, 0) is 9.47 Å². The van der Waals surface area contributed by atoms with Crippen molar-refractivity contribution < 1.29 is 9.47 Å². The average Bonchev–Trinajstić information content (AvgIpc) is 3.05. The second-order valence-electron chi connectivity index (χ2n) is 5.73. The lowest BCUT2D eigenvalue weighted by atomic mass is 9.92. The van der Waals surface area contributed by atoms with E-state index in [4.69, 9.17) is 9.47 Å². The number of anilines is 1. The summed E-state index contributed by atoms with van der Waals surface area (Å²) in [7, 11) is 1.77. The summed E-state index contributed by atoms with van der Waals surface area (Å²) in [5.41, 5.74) is 1.29. The molecule has 4 nitrogen and oxygen atoms in total. The van der Waals surface area contributed by atoms with Gasteiger partial charge in [0, 0.05) is 33.0 Å². The van der Waals surface area contributed by atoms with Crippen LogP contribution in [0.4, 0.5) is 5.69 Å². The van der Waals surface area contributed by atoms with Crippen LogP contribution in [0.2, 0.25) is 0 Å². The third-order valence-corrected chi connectivity index (χ3v) is 4.34. The molecule has 3 rings (SSSR count). The molecule has 19 heavy (non-hydrogen) atoms. The zero-order valence-electron chi connectivity index (χ0n) is 11.5. The molecule has 2 fully saturated rings. The van der Waals surface area contributed by atoms with Crippen LogP contribution in [0, 0.1) is 5.92 Å². The Kier molecular flexibility index (Phi) is 3.71. The van der Waals surface area contributed by atoms with Gasteiger partial charge in [0.2, 0.25) is 0 Å². The largest absolute Gasteiger partial charge is 0.385 e. The predicted molar refractivity (Wildman–Crippen MR) is 74.4 cm³/mol. The van der Waals surface area contributed by atoms with E-state index in [0.717, 1.165) is 39.1 Å². The number of hydrogen-bond acceptors (Lipinski definition) is 4. The molecular formula is C15H22N2O2. The van der Waals surface area contributed by atoms with Crippen LogP contribution in [0.15, 0.2) is 24.5 Å². The molecule has 0 N–H and O–H groups in total. The molecule has 104 valence electrons. The molecule has 2 aliphatic rings. The van der Waals surface area contributed by atoms with Crippen LogP contribution >= 0.6 is 0 Å². The number of aromatic nitrogens is 1. The first-order chi connectivity index (χ1) is 9.31. The molecule has 2 unspecified atom stereocenters. The number of methoxy groups -OCH3 is 1. The van der Waals surface area contributed by atoms with Crippen LogP contribution in [-0.4, -0.2) is 44.0 Å². The molecule has 2 atom stereocenters. The van der Waals surface area contributed by atoms with Gasteiger partial charge in [-0.1, -0.05) is 0 Å². The Morgan fingerprint density at radius 2 is 2.53 bits per heavy atom. The van der Waals surface area contributed by atoms with Crippen molar-refractivity contribution in [2.45, 2.75) is 24.9 Å². The van der Waals surface area contributed by atoms with Crippen molar-refractivity contribution in [3.05, 3.63) is 24.5 Å². The molecule has 0 radical (unpaired) electrons. The van der Waals surface area contributed by atoms with Gasteiger partial charge in [-0.05, 0) is 37.3 Å². The summed E-state index contributed by atoms with van der Waals surface area (Å²) in [6.07, 6.45) is 7.18. The minimum absolute atomic E-state index is 0.0776. The topological polar surface area (TPSA) is 34.6 Å². The van der Waals surface area contributed by atoms with Gasteiger partial charge < -0.3 is 14.4 Å². The van der Waals surface area contributed by atoms with Crippen LogP contribution in [0.25, 0.3) is 0 Å². The van der Waals surface area contributed by atoms with E-state index in [0.29, 0.717) is 5.92 Å². The Bertz CT molecular complexity index is 412. The van der Waals surface area contributed by atoms with Crippen LogP contribution in [0.1, 0.15) is 19.3 Å². The molecule has 0 aromatic carbocycles. The highest BCUT2D eigenvalue weighted by atomic mass is 16.5. The lowest BCUT2D eigenvalue weighted by Crippen LogP contribution is -2.32. The van der Waals surface area contributed by atoms with Crippen LogP contribution in [0.3, 0.4) is 0 Å². The van der Waals surface area contributed by atoms with Gasteiger partial charge in [-0.2, -0.15) is 0 Å². The minimum atomic E-state index is 0.0776. The first-order valence-corrected chi connectivity index (χ1v) is 7.09. The van der Waals surface area contributed by atoms with Crippen molar-refractivity contribution in [2.75, 3.05) is 38.3 Å². The van der Waals surface area contributed by atoms with E-state index in [-0.39, 0.29) is 5.60 Å². The molecule has 0 aliphatic carbocycles. The predicted octanol–water partition coefficient (Wildman–Crippen LogP) is 2.10. The van der Waals surface area contributed by atoms with Crippen molar-refractivity contribution in [3.63, 3.8) is 0 Å². The molecule has 2 saturated heterocycles. The van der Waals surface area contributed by atoms with E-state index in [1.807, 2.05) is 18.5 Å². The SMILES string of the molecule is COCCC1COC2(CCN(c3cccnc3)C2)C1. The molecule has 1 aromatic rings. The van der Waals surface area contributed by atoms with Crippen molar-refractivity contribution in [3.8, 4) is 0 Å². The van der Waals surface area contributed by atoms with Gasteiger partial charge in [0.15, 0.2) is 0 Å². The molecule has 1 spiro atoms. The Balaban J connectivity index is 1.60. The highest BCUT2D eigenvalue weighted by molar-refractivity contribution is 5.45. The molecule has 3 heterocycles. The molecule has 0 amide bonds. The van der Waals surface area contributed by atoms with Crippen molar-refractivity contribution >= 4 is 5.69 Å². The smallest absolute Gasteiger partial charge is 0.0876 e. The summed E-state index contributed by atoms with van der Waals surface area (Å²) < 4.78 is 11.3. The van der Waals surface area contributed by atoms with Gasteiger partial charge in [-0.25, -0.2) is 0 Å². The number of hydrogen-bond donors (Lipinski definition) is 0. The summed E-state index contributed by atoms with van der Waals surface area (Å²) in [6, 6.07) is 4.13. The Hall–Kier alpha value is -1.13. The van der Waals surface area contributed by atoms with Crippen molar-refractivity contribution in [2.24, 2.45) is 5.92 Å². The van der Waals surface area contributed by atoms with Crippen molar-refractivity contribution in [1.82, 2.24) is 4.98 Å². The highest BCUT2D eigenvalue weighted by Crippen LogP contribution is 2.40. The van der Waals surface area contributed by atoms with E-state index >= 15 is 0 Å². The lowest BCUT2D eigenvalue weighted by molar-refractivity contribution is 0.0213. The van der Waals surface area contributed by atoms with Gasteiger partial charge in [0.1, 0.15) is 0 Å². The molecule has 0 saturated carbocycles. The normalized spacial score (nSPS) is 30.4. The highest BCUT2D eigenvalue weighted by Gasteiger charge is 2.45. The average molecular weight is 262 g/mol. The monoisotopic (exact) mass is 262 g/mol. The number of pyridine rings is 1. The van der Waals surface area contributed by atoms with E-state index in [1.54, 1.807) is 7.11 Å². The number of ether oxygens (including phenoxy) is 2. The molecule has 2 aliphatic heterocycles. The Morgan fingerprint density at radius 3 is 3.32 bits per heavy atom. The fourth-order valence-corrected chi connectivity index (χ4v) is 3.30. The van der Waals surface area contributed by atoms with E-state index in [1.165, 1.54) is 12.1 Å². The van der Waals surface area contributed by atoms with E-state index < -0.39 is 0 Å². The lowest BCUT2D eigenvalue weighted by Gasteiger charge is -2.24. The fourth-order valence-electron chi connectivity index (χ4n) is 3.30. The summed E-state index contributed by atoms with van der Waals surface area (Å²) >= 11 is 0. The first kappa shape index (κ1) is 12.9. The first-order valence-electron chi connectivity index (χ1n) is 7.09. The van der Waals surface area contributed by atoms with Gasteiger partial charge >= 0.3 is 0 Å². The second-order valence-corrected chi connectivity index (χ2v) is 5.73. The van der Waals surface area contributed by atoms with Crippen LogP contribution < -0.4 is 4.90 Å². The zero-order chi connectivity index (χ0) is 13.1. The van der Waals surface area contributed by atoms with Gasteiger partial charge in [0.25, 0.3) is 0 Å². The zero-order valence-corrected chi connectivity index (χ0v) is 11.5. The second kappa shape index (κ2) is 5.47. The quantitative estimate of drug-likeness (QED) is 0.832. The Morgan fingerprint density at radius 1 is 1.58 bits per heavy atom. The summed E-state index contributed by atoms with van der Waals surface area (Å²) in [4.78, 5) is 6.60. The summed E-state index contributed by atoms with van der Waals surface area (Å²) in [5.74, 6) is 0.661. The standard InChI is InChI=1S/C15H22N2O2/c1-18-8-4-13-9-15(19-11-13)5-7-17(12-15)14-3-2-6-16-10-14/h2-3,6,10,13H,4-5,7-9,11-12H2,1H3. The molecule has 4 heteroatoms. The maximum absolute atomic E-state index is 6.15.